The third-order valence-electron chi connectivity index (χ3n) is 9.05. The highest BCUT2D eigenvalue weighted by Crippen LogP contribution is 2.52. The summed E-state index contributed by atoms with van der Waals surface area (Å²) in [6, 6.07) is 0. The Bertz CT molecular complexity index is 2150. The highest BCUT2D eigenvalue weighted by Gasteiger charge is 2.43. The molecule has 8 atom stereocenters. The molecule has 4 aromatic heterocycles. The summed E-state index contributed by atoms with van der Waals surface area (Å²) < 4.78 is 45.3. The van der Waals surface area contributed by atoms with Crippen molar-refractivity contribution in [3.63, 3.8) is 0 Å². The van der Waals surface area contributed by atoms with Crippen LogP contribution in [0.5, 0.6) is 0 Å². The van der Waals surface area contributed by atoms with E-state index < -0.39 is 75.1 Å². The molecule has 2 saturated heterocycles. The number of imidazole rings is 1. The van der Waals surface area contributed by atoms with Crippen LogP contribution in [0.4, 0.5) is 5.82 Å². The SMILES string of the molecule is O=C(CO)NCCn1cnc2c(ncn2[C@H]2C[C@H](O)[C@@H](COP(O)(=S)O[C@H]3C[C@H](n4cc5c6c(ncnc64)NCCC5)O[C@@H]3COP(=O)(O)S)O2)c1=O. The summed E-state index contributed by atoms with van der Waals surface area (Å²) >= 11 is 8.94. The van der Waals surface area contributed by atoms with Crippen molar-refractivity contribution in [2.45, 2.75) is 69.1 Å². The number of carbonyl (C=O) groups excluding carboxylic acids is 1. The summed E-state index contributed by atoms with van der Waals surface area (Å²) in [6.07, 6.45) is 2.46. The van der Waals surface area contributed by atoms with Gasteiger partial charge in [0.2, 0.25) is 5.91 Å². The van der Waals surface area contributed by atoms with Crippen LogP contribution in [0.3, 0.4) is 0 Å². The van der Waals surface area contributed by atoms with Crippen LogP contribution in [0.15, 0.2) is 30.0 Å². The third-order valence-corrected chi connectivity index (χ3v) is 11.5. The number of hydrogen-bond donors (Lipinski definition) is 7. The highest BCUT2D eigenvalue weighted by molar-refractivity contribution is 8.44. The molecule has 0 radical (unpaired) electrons. The number of anilines is 1. The summed E-state index contributed by atoms with van der Waals surface area (Å²) in [7, 11) is 0. The van der Waals surface area contributed by atoms with E-state index >= 15 is 0 Å². The lowest BCUT2D eigenvalue weighted by Gasteiger charge is -2.25. The van der Waals surface area contributed by atoms with Gasteiger partial charge in [0.05, 0.1) is 37.1 Å². The number of aryl methyl sites for hydroxylation is 1. The standard InChI is InChI=1S/C28H37N9O12P2S2/c38-9-20(40)29-4-5-35-13-34-27-24(28(35)41)33-14-37(27)21-6-16(39)18(47-21)10-46-51(44,53)49-17-7-22(48-19(17)11-45-50(42,43)52)36-8-15-2-1-3-30-25-23(15)26(36)32-12-31-25/h8,12-14,16-19,21-22,38-39H,1-7,9-11H2,(H,29,40)(H,44,53)(H,30,31,32)(H2,42,43,52)/t16-,17-,18+,19+,21+,22+,51?/m0/s1. The minimum atomic E-state index is -4.20. The predicted octanol–water partition coefficient (Wildman–Crippen LogP) is 0.106. The van der Waals surface area contributed by atoms with Crippen molar-refractivity contribution in [3.05, 3.63) is 41.1 Å². The van der Waals surface area contributed by atoms with Crippen molar-refractivity contribution in [2.24, 2.45) is 0 Å². The molecule has 21 nitrogen and oxygen atoms in total. The minimum absolute atomic E-state index is 0.0426. The molecule has 288 valence electrons. The molecule has 1 amide bonds. The van der Waals surface area contributed by atoms with Gasteiger partial charge in [0.1, 0.15) is 55.4 Å². The molecule has 0 bridgehead atoms. The Morgan fingerprint density at radius 2 is 1.85 bits per heavy atom. The Labute approximate surface area is 310 Å². The third kappa shape index (κ3) is 8.52. The molecule has 0 aromatic carbocycles. The van der Waals surface area contributed by atoms with Gasteiger partial charge >= 0.3 is 13.5 Å². The Morgan fingerprint density at radius 3 is 2.64 bits per heavy atom. The minimum Gasteiger partial charge on any atom is -0.390 e. The van der Waals surface area contributed by atoms with E-state index in [9.17, 15) is 29.0 Å². The van der Waals surface area contributed by atoms with Crippen LogP contribution in [0.1, 0.15) is 37.3 Å². The van der Waals surface area contributed by atoms with Gasteiger partial charge in [0.15, 0.2) is 11.2 Å². The maximum absolute atomic E-state index is 13.0. The number of hydrogen-bond acceptors (Lipinski definition) is 16. The molecule has 7 heterocycles. The van der Waals surface area contributed by atoms with Crippen LogP contribution >= 0.6 is 25.8 Å². The number of carbonyl (C=O) groups is 1. The second-order valence-electron chi connectivity index (χ2n) is 12.6. The quantitative estimate of drug-likeness (QED) is 0.0657. The summed E-state index contributed by atoms with van der Waals surface area (Å²) in [6.45, 7) is -8.73. The van der Waals surface area contributed by atoms with Crippen molar-refractivity contribution < 1.29 is 52.4 Å². The first kappa shape index (κ1) is 38.4. The fourth-order valence-electron chi connectivity index (χ4n) is 6.59. The lowest BCUT2D eigenvalue weighted by Crippen LogP contribution is -2.32. The Balaban J connectivity index is 1.01. The number of aliphatic hydroxyl groups is 2. The van der Waals surface area contributed by atoms with Gasteiger partial charge in [-0.05, 0) is 30.2 Å². The van der Waals surface area contributed by atoms with Crippen molar-refractivity contribution in [1.82, 2.24) is 39.0 Å². The molecule has 0 spiro atoms. The number of fused-ring (bicyclic) bond motifs is 1. The van der Waals surface area contributed by atoms with Crippen molar-refractivity contribution in [1.29, 1.82) is 0 Å². The molecule has 4 aromatic rings. The molecular weight excluding hydrogens is 780 g/mol. The number of nitrogens with zero attached hydrogens (tertiary/aromatic N) is 7. The van der Waals surface area contributed by atoms with E-state index in [0.29, 0.717) is 11.5 Å². The van der Waals surface area contributed by atoms with Gasteiger partial charge in [-0.1, -0.05) is 12.2 Å². The van der Waals surface area contributed by atoms with E-state index in [4.69, 9.17) is 40.0 Å². The van der Waals surface area contributed by atoms with Crippen LogP contribution in [0, 0.1) is 0 Å². The maximum Gasteiger partial charge on any atom is 0.383 e. The molecule has 6 N–H and O–H groups in total. The van der Waals surface area contributed by atoms with E-state index in [0.717, 1.165) is 30.3 Å². The summed E-state index contributed by atoms with van der Waals surface area (Å²) in [5.74, 6) is 0.133. The number of thiol groups is 1. The van der Waals surface area contributed by atoms with E-state index in [2.05, 4.69) is 42.8 Å². The Hall–Kier alpha value is -2.89. The first-order valence-corrected chi connectivity index (χ1v) is 21.8. The molecule has 3 aliphatic rings. The smallest absolute Gasteiger partial charge is 0.383 e. The first-order valence-electron chi connectivity index (χ1n) is 16.5. The number of aliphatic hydroxyl groups excluding tert-OH is 2. The highest BCUT2D eigenvalue weighted by atomic mass is 32.7. The summed E-state index contributed by atoms with van der Waals surface area (Å²) in [5, 5.41) is 26.3. The Morgan fingerprint density at radius 1 is 1.08 bits per heavy atom. The molecule has 2 unspecified atom stereocenters. The number of rotatable bonds is 14. The zero-order chi connectivity index (χ0) is 37.5. The lowest BCUT2D eigenvalue weighted by molar-refractivity contribution is -0.123. The van der Waals surface area contributed by atoms with Crippen molar-refractivity contribution in [3.8, 4) is 0 Å². The molecule has 7 rings (SSSR count). The molecule has 2 fully saturated rings. The Kier molecular flexibility index (Phi) is 11.4. The number of amides is 1. The van der Waals surface area contributed by atoms with Crippen LogP contribution < -0.4 is 16.2 Å². The van der Waals surface area contributed by atoms with Gasteiger partial charge in [-0.2, -0.15) is 0 Å². The normalized spacial score (nSPS) is 26.7. The largest absolute Gasteiger partial charge is 0.390 e. The molecule has 0 saturated carbocycles. The summed E-state index contributed by atoms with van der Waals surface area (Å²) in [5.41, 5.74) is 1.43. The van der Waals surface area contributed by atoms with E-state index in [1.807, 2.05) is 10.8 Å². The predicted molar refractivity (Wildman–Crippen MR) is 191 cm³/mol. The lowest BCUT2D eigenvalue weighted by atomic mass is 10.1. The van der Waals surface area contributed by atoms with E-state index in [-0.39, 0.29) is 43.7 Å². The van der Waals surface area contributed by atoms with Gasteiger partial charge in [-0.3, -0.25) is 23.2 Å². The monoisotopic (exact) mass is 817 g/mol. The van der Waals surface area contributed by atoms with E-state index in [1.165, 1.54) is 28.1 Å². The molecular formula is C28H37N9O12P2S2. The zero-order valence-electron chi connectivity index (χ0n) is 27.8. The fraction of sp³-hybridized carbons (Fsp3) is 0.571. The number of aromatic nitrogens is 7. The van der Waals surface area contributed by atoms with Crippen LogP contribution in [0.2, 0.25) is 0 Å². The average Bonchev–Trinajstić information content (AvgIpc) is 3.87. The van der Waals surface area contributed by atoms with Gasteiger partial charge in [-0.25, -0.2) is 24.5 Å². The molecule has 0 aliphatic carbocycles. The fourth-order valence-corrected chi connectivity index (χ4v) is 8.60. The second kappa shape index (κ2) is 15.7. The average molecular weight is 818 g/mol. The van der Waals surface area contributed by atoms with Gasteiger partial charge in [-0.15, -0.1) is 0 Å². The zero-order valence-corrected chi connectivity index (χ0v) is 31.3. The molecule has 25 heteroatoms. The van der Waals surface area contributed by atoms with Crippen molar-refractivity contribution in [2.75, 3.05) is 38.2 Å². The maximum atomic E-state index is 13.0. The van der Waals surface area contributed by atoms with Gasteiger partial charge in [0, 0.05) is 38.7 Å². The van der Waals surface area contributed by atoms with Gasteiger partial charge in [0.25, 0.3) is 5.56 Å². The number of nitrogens with one attached hydrogen (secondary N) is 2. The summed E-state index contributed by atoms with van der Waals surface area (Å²) in [4.78, 5) is 62.5. The van der Waals surface area contributed by atoms with Crippen LogP contribution in [0.25, 0.3) is 22.2 Å². The van der Waals surface area contributed by atoms with Gasteiger partial charge < -0.3 is 53.7 Å². The topological polar surface area (TPSA) is 269 Å². The second-order valence-corrected chi connectivity index (χ2v) is 18.1. The molecule has 53 heavy (non-hydrogen) atoms. The van der Waals surface area contributed by atoms with Crippen LogP contribution in [-0.2, 0) is 57.2 Å². The number of ether oxygens (including phenoxy) is 2. The van der Waals surface area contributed by atoms with E-state index in [1.54, 1.807) is 0 Å². The van der Waals surface area contributed by atoms with Crippen LogP contribution in [-0.4, -0.2) is 117 Å². The molecule has 3 aliphatic heterocycles. The first-order chi connectivity index (χ1) is 25.3. The van der Waals surface area contributed by atoms with Crippen molar-refractivity contribution >= 4 is 71.5 Å².